The van der Waals surface area contributed by atoms with E-state index in [4.69, 9.17) is 5.11 Å². The molecule has 0 aliphatic heterocycles. The number of benzene rings is 2. The monoisotopic (exact) mass is 568 g/mol. The molecule has 0 spiro atoms. The van der Waals surface area contributed by atoms with Crippen LogP contribution in [0.4, 0.5) is 0 Å². The largest absolute Gasteiger partial charge is 0.481 e. The summed E-state index contributed by atoms with van der Waals surface area (Å²) in [6, 6.07) is 15.4. The summed E-state index contributed by atoms with van der Waals surface area (Å²) in [5, 5.41) is 32.4. The van der Waals surface area contributed by atoms with Gasteiger partial charge in [0.1, 0.15) is 5.78 Å². The second-order valence-electron chi connectivity index (χ2n) is 11.8. The maximum Gasteiger partial charge on any atom is 0.312 e. The van der Waals surface area contributed by atoms with Crippen molar-refractivity contribution in [2.45, 2.75) is 60.7 Å². The van der Waals surface area contributed by atoms with E-state index in [0.717, 1.165) is 38.4 Å². The molecule has 7 heteroatoms. The van der Waals surface area contributed by atoms with Gasteiger partial charge in [0, 0.05) is 28.6 Å². The number of ketones is 1. The Morgan fingerprint density at radius 2 is 1.10 bits per heavy atom. The van der Waals surface area contributed by atoms with Crippen LogP contribution in [0.1, 0.15) is 83.2 Å². The predicted molar refractivity (Wildman–Crippen MR) is 169 cm³/mol. The van der Waals surface area contributed by atoms with E-state index in [1.54, 1.807) is 53.0 Å². The van der Waals surface area contributed by atoms with Crippen molar-refractivity contribution in [3.05, 3.63) is 95.6 Å². The number of hydrogen-bond donors (Lipinski definition) is 3. The van der Waals surface area contributed by atoms with E-state index in [2.05, 4.69) is 9.97 Å². The molecular weight excluding hydrogens is 528 g/mol. The summed E-state index contributed by atoms with van der Waals surface area (Å²) in [5.74, 6) is -0.758. The maximum atomic E-state index is 11.5. The number of allylic oxidation sites excluding steroid dienone is 1. The van der Waals surface area contributed by atoms with Crippen molar-refractivity contribution in [2.75, 3.05) is 0 Å². The number of carbonyl (C=O) groups is 2. The number of nitrogens with zero attached hydrogens (tertiary/aromatic N) is 2. The maximum absolute atomic E-state index is 11.5. The number of aliphatic carboxylic acids is 1. The molecule has 2 heterocycles. The van der Waals surface area contributed by atoms with E-state index in [1.807, 2.05) is 80.7 Å². The first-order valence-corrected chi connectivity index (χ1v) is 13.9. The average molecular weight is 569 g/mol. The lowest BCUT2D eigenvalue weighted by molar-refractivity contribution is -0.144. The van der Waals surface area contributed by atoms with Crippen LogP contribution in [0.3, 0.4) is 0 Å². The highest BCUT2D eigenvalue weighted by Gasteiger charge is 2.23. The molecule has 4 aromatic rings. The van der Waals surface area contributed by atoms with E-state index in [-0.39, 0.29) is 5.78 Å². The Morgan fingerprint density at radius 1 is 0.690 bits per heavy atom. The van der Waals surface area contributed by atoms with Crippen LogP contribution in [-0.4, -0.2) is 37.0 Å². The number of aromatic nitrogens is 2. The molecule has 0 amide bonds. The van der Waals surface area contributed by atoms with E-state index in [0.29, 0.717) is 5.69 Å². The molecule has 0 aliphatic rings. The van der Waals surface area contributed by atoms with Crippen molar-refractivity contribution in [3.8, 4) is 0 Å². The van der Waals surface area contributed by atoms with Crippen LogP contribution in [-0.2, 0) is 9.59 Å². The van der Waals surface area contributed by atoms with Gasteiger partial charge in [-0.15, -0.1) is 0 Å². The number of pyridine rings is 2. The van der Waals surface area contributed by atoms with Gasteiger partial charge in [0.25, 0.3) is 0 Å². The molecule has 0 fully saturated rings. The minimum Gasteiger partial charge on any atom is -0.481 e. The van der Waals surface area contributed by atoms with Gasteiger partial charge in [-0.05, 0) is 107 Å². The van der Waals surface area contributed by atoms with Crippen LogP contribution >= 0.6 is 0 Å². The third-order valence-corrected chi connectivity index (χ3v) is 7.30. The van der Waals surface area contributed by atoms with Crippen LogP contribution in [0.25, 0.3) is 33.7 Å². The number of hydrogen-bond acceptors (Lipinski definition) is 6. The van der Waals surface area contributed by atoms with Gasteiger partial charge in [-0.2, -0.15) is 0 Å². The van der Waals surface area contributed by atoms with Gasteiger partial charge in [-0.25, -0.2) is 0 Å². The lowest BCUT2D eigenvalue weighted by Crippen LogP contribution is -2.20. The Bertz CT molecular complexity index is 1530. The van der Waals surface area contributed by atoms with Crippen molar-refractivity contribution in [1.82, 2.24) is 9.97 Å². The lowest BCUT2D eigenvalue weighted by atomic mass is 9.88. The van der Waals surface area contributed by atoms with Crippen LogP contribution in [0, 0.1) is 10.8 Å². The topological polar surface area (TPSA) is 121 Å². The molecule has 0 unspecified atom stereocenters. The molecule has 0 bridgehead atoms. The third kappa shape index (κ3) is 8.41. The highest BCUT2D eigenvalue weighted by molar-refractivity contribution is 5.86. The second kappa shape index (κ2) is 13.2. The standard InChI is InChI=1S/C18H21NO2.C17H19NO3/c1-12(20)14-5-6-15-11-19-17(10-16(15)9-14)7-8-18(3,4)13(2)21;1-11(19)12-4-5-13-10-18-15(9-14(13)8-12)6-7-17(2,3)16(20)21/h5-12,20H,1-4H3;4-11,19H,1-3H3,(H,20,21)/b8-7+;7-6+/t12-;11-/m11/s1. The van der Waals surface area contributed by atoms with Crippen molar-refractivity contribution in [1.29, 1.82) is 0 Å². The highest BCUT2D eigenvalue weighted by Crippen LogP contribution is 2.24. The zero-order chi connectivity index (χ0) is 31.2. The molecule has 2 aromatic carbocycles. The Hall–Kier alpha value is -4.20. The molecule has 7 nitrogen and oxygen atoms in total. The summed E-state index contributed by atoms with van der Waals surface area (Å²) < 4.78 is 0. The Kier molecular flexibility index (Phi) is 10.1. The van der Waals surface area contributed by atoms with Crippen LogP contribution in [0.5, 0.6) is 0 Å². The zero-order valence-electron chi connectivity index (χ0n) is 25.3. The minimum absolute atomic E-state index is 0.121. The Labute approximate surface area is 247 Å². The number of carboxylic acids is 1. The number of aliphatic hydroxyl groups is 2. The molecule has 0 saturated heterocycles. The van der Waals surface area contributed by atoms with Crippen molar-refractivity contribution < 1.29 is 24.9 Å². The molecule has 0 aliphatic carbocycles. The molecule has 2 aromatic heterocycles. The normalized spacial score (nSPS) is 13.7. The number of fused-ring (bicyclic) bond motifs is 2. The van der Waals surface area contributed by atoms with Crippen molar-refractivity contribution in [3.63, 3.8) is 0 Å². The first-order valence-electron chi connectivity index (χ1n) is 13.9. The Balaban J connectivity index is 0.000000230. The first kappa shape index (κ1) is 32.3. The molecular formula is C35H40N2O5. The fourth-order valence-electron chi connectivity index (χ4n) is 3.83. The lowest BCUT2D eigenvalue weighted by Gasteiger charge is -2.15. The quantitative estimate of drug-likeness (QED) is 0.203. The van der Waals surface area contributed by atoms with E-state index < -0.39 is 29.0 Å². The van der Waals surface area contributed by atoms with Crippen LogP contribution < -0.4 is 0 Å². The fraction of sp³-hybridized carbons (Fsp3) is 0.314. The summed E-state index contributed by atoms with van der Waals surface area (Å²) >= 11 is 0. The number of aliphatic hydroxyl groups excluding tert-OH is 2. The molecule has 220 valence electrons. The van der Waals surface area contributed by atoms with Gasteiger partial charge < -0.3 is 15.3 Å². The first-order chi connectivity index (χ1) is 19.6. The van der Waals surface area contributed by atoms with Crippen LogP contribution in [0.15, 0.2) is 73.1 Å². The SMILES string of the molecule is CC(=O)C(C)(C)/C=C/c1cc2cc([C@@H](C)O)ccc2cn1.C[C@@H](O)c1ccc2cnc(/C=C/C(C)(C)C(=O)O)cc2c1. The number of carboxylic acid groups (broad SMARTS) is 1. The van der Waals surface area contributed by atoms with E-state index in [9.17, 15) is 19.8 Å². The molecule has 2 atom stereocenters. The number of Topliss-reactive ketones (excluding diaryl/α,β-unsaturated/α-hetero) is 1. The summed E-state index contributed by atoms with van der Waals surface area (Å²) in [5.41, 5.74) is 1.80. The average Bonchev–Trinajstić information content (AvgIpc) is 2.94. The summed E-state index contributed by atoms with van der Waals surface area (Å²) in [6.45, 7) is 12.1. The molecule has 3 N–H and O–H groups in total. The van der Waals surface area contributed by atoms with Gasteiger partial charge in [0.05, 0.1) is 29.0 Å². The summed E-state index contributed by atoms with van der Waals surface area (Å²) in [7, 11) is 0. The minimum atomic E-state index is -0.932. The van der Waals surface area contributed by atoms with Gasteiger partial charge in [-0.3, -0.25) is 19.6 Å². The number of rotatable bonds is 8. The van der Waals surface area contributed by atoms with E-state index in [1.165, 1.54) is 0 Å². The summed E-state index contributed by atoms with van der Waals surface area (Å²) in [4.78, 5) is 31.3. The predicted octanol–water partition coefficient (Wildman–Crippen LogP) is 7.33. The molecule has 4 rings (SSSR count). The van der Waals surface area contributed by atoms with Crippen LogP contribution in [0.2, 0.25) is 0 Å². The number of carbonyl (C=O) groups excluding carboxylic acids is 1. The van der Waals surface area contributed by atoms with Crippen molar-refractivity contribution in [2.24, 2.45) is 10.8 Å². The molecule has 42 heavy (non-hydrogen) atoms. The third-order valence-electron chi connectivity index (χ3n) is 7.30. The summed E-state index contributed by atoms with van der Waals surface area (Å²) in [6.07, 6.45) is 9.63. The fourth-order valence-corrected chi connectivity index (χ4v) is 3.83. The highest BCUT2D eigenvalue weighted by atomic mass is 16.4. The van der Waals surface area contributed by atoms with Gasteiger partial charge in [-0.1, -0.05) is 36.4 Å². The smallest absolute Gasteiger partial charge is 0.312 e. The second-order valence-corrected chi connectivity index (χ2v) is 11.8. The molecule has 0 radical (unpaired) electrons. The zero-order valence-corrected chi connectivity index (χ0v) is 25.3. The van der Waals surface area contributed by atoms with Gasteiger partial charge >= 0.3 is 5.97 Å². The van der Waals surface area contributed by atoms with E-state index >= 15 is 0 Å². The molecule has 0 saturated carbocycles. The Morgan fingerprint density at radius 3 is 1.45 bits per heavy atom. The van der Waals surface area contributed by atoms with Gasteiger partial charge in [0.2, 0.25) is 0 Å². The van der Waals surface area contributed by atoms with Gasteiger partial charge in [0.15, 0.2) is 0 Å². The van der Waals surface area contributed by atoms with Crippen molar-refractivity contribution >= 4 is 45.4 Å².